The van der Waals surface area contributed by atoms with E-state index in [1.54, 1.807) is 18.9 Å². The lowest BCUT2D eigenvalue weighted by molar-refractivity contribution is -0.760. The number of carbonyl (C=O) groups is 1. The maximum atomic E-state index is 12.0. The van der Waals surface area contributed by atoms with Crippen molar-refractivity contribution in [1.82, 2.24) is 5.06 Å². The van der Waals surface area contributed by atoms with Crippen molar-refractivity contribution in [1.29, 1.82) is 0 Å². The predicted molar refractivity (Wildman–Crippen MR) is 76.6 cm³/mol. The van der Waals surface area contributed by atoms with Gasteiger partial charge in [0.2, 0.25) is 0 Å². The number of hydrogen-bond acceptors (Lipinski definition) is 6. The molecule has 1 aliphatic heterocycles. The lowest BCUT2D eigenvalue weighted by Crippen LogP contribution is -2.63. The molecule has 0 N–H and O–H groups in total. The zero-order valence-corrected chi connectivity index (χ0v) is 13.7. The van der Waals surface area contributed by atoms with Crippen LogP contribution in [0.3, 0.4) is 0 Å². The number of carbonyl (C=O) groups excluding carboxylic acids is 1. The van der Waals surface area contributed by atoms with E-state index in [0.717, 1.165) is 12.8 Å². The summed E-state index contributed by atoms with van der Waals surface area (Å²) >= 11 is 0. The van der Waals surface area contributed by atoms with E-state index in [-0.39, 0.29) is 30.0 Å². The monoisotopic (exact) mass is 302 g/mol. The first-order chi connectivity index (χ1) is 9.48. The second-order valence-corrected chi connectivity index (χ2v) is 7.08. The fourth-order valence-corrected chi connectivity index (χ4v) is 2.80. The highest BCUT2D eigenvalue weighted by Crippen LogP contribution is 2.42. The molecule has 1 heterocycles. The van der Waals surface area contributed by atoms with Crippen molar-refractivity contribution in [3.8, 4) is 0 Å². The molecule has 1 fully saturated rings. The Hall–Kier alpha value is -1.37. The van der Waals surface area contributed by atoms with Gasteiger partial charge >= 0.3 is 5.97 Å². The second-order valence-electron chi connectivity index (χ2n) is 7.08. The third kappa shape index (κ3) is 4.06. The first kappa shape index (κ1) is 17.7. The molecule has 0 spiro atoms. The normalized spacial score (nSPS) is 24.6. The fourth-order valence-electron chi connectivity index (χ4n) is 2.80. The molecule has 1 unspecified atom stereocenters. The number of rotatable bonds is 5. The van der Waals surface area contributed by atoms with Crippen LogP contribution in [-0.2, 0) is 14.5 Å². The first-order valence-corrected chi connectivity index (χ1v) is 7.28. The summed E-state index contributed by atoms with van der Waals surface area (Å²) in [5.41, 5.74) is -0.860. The first-order valence-electron chi connectivity index (χ1n) is 7.28. The van der Waals surface area contributed by atoms with Gasteiger partial charge in [0, 0.05) is 5.92 Å². The number of piperidine rings is 1. The van der Waals surface area contributed by atoms with Gasteiger partial charge in [-0.2, -0.15) is 0 Å². The Labute approximate surface area is 125 Å². The van der Waals surface area contributed by atoms with Crippen LogP contribution in [0, 0.1) is 22.0 Å². The van der Waals surface area contributed by atoms with Crippen LogP contribution in [0.5, 0.6) is 0 Å². The largest absolute Gasteiger partial charge is 0.367 e. The van der Waals surface area contributed by atoms with Crippen LogP contribution in [0.25, 0.3) is 0 Å². The van der Waals surface area contributed by atoms with Crippen molar-refractivity contribution < 1.29 is 19.6 Å². The van der Waals surface area contributed by atoms with Crippen molar-refractivity contribution in [2.75, 3.05) is 6.61 Å². The van der Waals surface area contributed by atoms with E-state index in [2.05, 4.69) is 4.84 Å². The molecule has 1 aliphatic rings. The van der Waals surface area contributed by atoms with E-state index in [1.807, 2.05) is 27.7 Å². The summed E-state index contributed by atoms with van der Waals surface area (Å²) < 4.78 is 0. The van der Waals surface area contributed by atoms with Crippen LogP contribution in [0.4, 0.5) is 0 Å². The van der Waals surface area contributed by atoms with Crippen molar-refractivity contribution in [2.24, 2.45) is 11.8 Å². The summed E-state index contributed by atoms with van der Waals surface area (Å²) in [5, 5.41) is 11.3. The Morgan fingerprint density at radius 2 is 1.95 bits per heavy atom. The number of hydroxylamine groups is 2. The molecule has 0 aromatic heterocycles. The van der Waals surface area contributed by atoms with Crippen LogP contribution in [0.2, 0.25) is 0 Å². The highest BCUT2D eigenvalue weighted by molar-refractivity contribution is 5.71. The van der Waals surface area contributed by atoms with E-state index in [0.29, 0.717) is 0 Å². The van der Waals surface area contributed by atoms with Gasteiger partial charge in [-0.05, 0) is 40.5 Å². The Bertz CT molecular complexity index is 406. The van der Waals surface area contributed by atoms with Gasteiger partial charge in [0.15, 0.2) is 0 Å². The van der Waals surface area contributed by atoms with Gasteiger partial charge in [-0.3, -0.25) is 4.79 Å². The highest BCUT2D eigenvalue weighted by Gasteiger charge is 2.50. The maximum absolute atomic E-state index is 12.0. The summed E-state index contributed by atoms with van der Waals surface area (Å²) in [4.78, 5) is 32.5. The van der Waals surface area contributed by atoms with Crippen LogP contribution in [0.1, 0.15) is 54.4 Å². The molecule has 0 aromatic rings. The minimum atomic E-state index is -0.777. The Morgan fingerprint density at radius 1 is 1.38 bits per heavy atom. The fraction of sp³-hybridized carbons (Fsp3) is 0.929. The van der Waals surface area contributed by atoms with Gasteiger partial charge in [-0.15, -0.1) is 15.2 Å². The average molecular weight is 302 g/mol. The summed E-state index contributed by atoms with van der Waals surface area (Å²) in [6.45, 7) is 11.4. The molecule has 0 aromatic carbocycles. The molecule has 21 heavy (non-hydrogen) atoms. The zero-order chi connectivity index (χ0) is 16.4. The SMILES string of the molecule is CC(C)C(=O)ON1C(C)(C)CCC(CO[N+](=O)[O-])C1(C)C. The second kappa shape index (κ2) is 6.17. The molecule has 7 nitrogen and oxygen atoms in total. The molecular weight excluding hydrogens is 276 g/mol. The van der Waals surface area contributed by atoms with Crippen molar-refractivity contribution in [3.63, 3.8) is 0 Å². The summed E-state index contributed by atoms with van der Waals surface area (Å²) in [7, 11) is 0. The average Bonchev–Trinajstić information content (AvgIpc) is 2.32. The van der Waals surface area contributed by atoms with Gasteiger partial charge in [-0.1, -0.05) is 13.8 Å². The number of nitrogens with zero attached hydrogens (tertiary/aromatic N) is 2. The third-order valence-corrected chi connectivity index (χ3v) is 4.21. The van der Waals surface area contributed by atoms with Crippen molar-refractivity contribution in [2.45, 2.75) is 65.5 Å². The Morgan fingerprint density at radius 3 is 2.43 bits per heavy atom. The molecule has 0 saturated carbocycles. The van der Waals surface area contributed by atoms with Gasteiger partial charge in [0.05, 0.1) is 17.0 Å². The van der Waals surface area contributed by atoms with E-state index in [4.69, 9.17) is 4.84 Å². The van der Waals surface area contributed by atoms with Crippen molar-refractivity contribution in [3.05, 3.63) is 10.1 Å². The summed E-state index contributed by atoms with van der Waals surface area (Å²) in [6.07, 6.45) is 1.55. The lowest BCUT2D eigenvalue weighted by Gasteiger charge is -2.54. The zero-order valence-electron chi connectivity index (χ0n) is 13.7. The third-order valence-electron chi connectivity index (χ3n) is 4.21. The lowest BCUT2D eigenvalue weighted by atomic mass is 9.74. The van der Waals surface area contributed by atoms with Gasteiger partial charge < -0.3 is 9.68 Å². The molecule has 122 valence electrons. The standard InChI is InChI=1S/C14H26N2O5/c1-10(2)12(17)21-15-13(3,4)8-7-11(14(15,5)6)9-20-16(18)19/h10-11H,7-9H2,1-6H3. The molecule has 0 amide bonds. The Kier molecular flexibility index (Phi) is 5.20. The molecule has 0 bridgehead atoms. The highest BCUT2D eigenvalue weighted by atomic mass is 16.9. The molecule has 1 atom stereocenters. The summed E-state index contributed by atoms with van der Waals surface area (Å²) in [6, 6.07) is 0. The molecular formula is C14H26N2O5. The van der Waals surface area contributed by atoms with E-state index >= 15 is 0 Å². The van der Waals surface area contributed by atoms with E-state index in [9.17, 15) is 14.9 Å². The molecule has 0 aliphatic carbocycles. The van der Waals surface area contributed by atoms with Gasteiger partial charge in [-0.25, -0.2) is 0 Å². The minimum absolute atomic E-state index is 0.00576. The molecule has 1 rings (SSSR count). The van der Waals surface area contributed by atoms with Crippen molar-refractivity contribution >= 4 is 5.97 Å². The maximum Gasteiger partial charge on any atom is 0.327 e. The number of hydrogen-bond donors (Lipinski definition) is 0. The van der Waals surface area contributed by atoms with Gasteiger partial charge in [0.1, 0.15) is 6.61 Å². The minimum Gasteiger partial charge on any atom is -0.367 e. The van der Waals surface area contributed by atoms with Crippen LogP contribution >= 0.6 is 0 Å². The molecule has 1 saturated heterocycles. The predicted octanol–water partition coefficient (Wildman–Crippen LogP) is 2.58. The van der Waals surface area contributed by atoms with Gasteiger partial charge in [0.25, 0.3) is 5.09 Å². The van der Waals surface area contributed by atoms with E-state index in [1.165, 1.54) is 0 Å². The van der Waals surface area contributed by atoms with Crippen LogP contribution < -0.4 is 0 Å². The quantitative estimate of drug-likeness (QED) is 0.573. The smallest absolute Gasteiger partial charge is 0.327 e. The summed E-state index contributed by atoms with van der Waals surface area (Å²) in [5.74, 6) is -0.616. The Balaban J connectivity index is 2.93. The van der Waals surface area contributed by atoms with Crippen LogP contribution in [-0.4, -0.2) is 33.8 Å². The van der Waals surface area contributed by atoms with Crippen LogP contribution in [0.15, 0.2) is 0 Å². The molecule has 7 heteroatoms. The topological polar surface area (TPSA) is 81.9 Å². The molecule has 0 radical (unpaired) electrons. The van der Waals surface area contributed by atoms with E-state index < -0.39 is 10.6 Å².